The lowest BCUT2D eigenvalue weighted by Crippen LogP contribution is -2.25. The molecule has 2 aromatic carbocycles. The molecule has 0 bridgehead atoms. The van der Waals surface area contributed by atoms with Crippen LogP contribution in [0.5, 0.6) is 0 Å². The topological polar surface area (TPSA) is 49.4 Å². The maximum absolute atomic E-state index is 13.1. The number of anilines is 2. The smallest absolute Gasteiger partial charge is 0.255 e. The average molecular weight is 298 g/mol. The van der Waals surface area contributed by atoms with Crippen LogP contribution in [0.3, 0.4) is 0 Å². The Hall–Kier alpha value is -2.69. The van der Waals surface area contributed by atoms with E-state index in [0.717, 1.165) is 11.3 Å². The van der Waals surface area contributed by atoms with Gasteiger partial charge in [-0.05, 0) is 48.9 Å². The zero-order chi connectivity index (χ0) is 15.7. The van der Waals surface area contributed by atoms with Gasteiger partial charge in [0.15, 0.2) is 0 Å². The van der Waals surface area contributed by atoms with Crippen molar-refractivity contribution in [2.24, 2.45) is 0 Å². The van der Waals surface area contributed by atoms with Gasteiger partial charge in [0.25, 0.3) is 5.91 Å². The zero-order valence-electron chi connectivity index (χ0n) is 12.1. The quantitative estimate of drug-likeness (QED) is 0.947. The van der Waals surface area contributed by atoms with Gasteiger partial charge in [-0.15, -0.1) is 0 Å². The summed E-state index contributed by atoms with van der Waals surface area (Å²) in [7, 11) is 0. The Morgan fingerprint density at radius 3 is 2.82 bits per heavy atom. The molecule has 22 heavy (non-hydrogen) atoms. The minimum atomic E-state index is -0.453. The highest BCUT2D eigenvalue weighted by Crippen LogP contribution is 2.31. The molecule has 0 spiro atoms. The van der Waals surface area contributed by atoms with E-state index in [1.807, 2.05) is 13.0 Å². The van der Waals surface area contributed by atoms with Crippen molar-refractivity contribution < 1.29 is 14.0 Å². The first-order valence-electron chi connectivity index (χ1n) is 7.08. The Morgan fingerprint density at radius 1 is 1.27 bits per heavy atom. The standard InChI is InChI=1S/C17H15FN2O2/c1-2-20-15-7-6-14(9-12(15)10-16(20)21)19-17(22)11-4-3-5-13(18)8-11/h3-9H,2,10H2,1H3,(H,19,22). The third kappa shape index (κ3) is 2.57. The van der Waals surface area contributed by atoms with Crippen molar-refractivity contribution in [1.29, 1.82) is 0 Å². The molecule has 1 aliphatic rings. The molecule has 0 aromatic heterocycles. The van der Waals surface area contributed by atoms with E-state index < -0.39 is 5.82 Å². The number of hydrogen-bond acceptors (Lipinski definition) is 2. The number of amides is 2. The van der Waals surface area contributed by atoms with Gasteiger partial charge in [-0.2, -0.15) is 0 Å². The highest BCUT2D eigenvalue weighted by atomic mass is 19.1. The summed E-state index contributed by atoms with van der Waals surface area (Å²) in [5.41, 5.74) is 2.63. The van der Waals surface area contributed by atoms with E-state index in [1.165, 1.54) is 18.2 Å². The molecule has 0 atom stereocenters. The molecule has 2 aromatic rings. The molecule has 0 radical (unpaired) electrons. The lowest BCUT2D eigenvalue weighted by atomic mass is 10.1. The summed E-state index contributed by atoms with van der Waals surface area (Å²) < 4.78 is 13.1. The second kappa shape index (κ2) is 5.60. The fourth-order valence-corrected chi connectivity index (χ4v) is 2.64. The van der Waals surface area contributed by atoms with Crippen LogP contribution in [0.2, 0.25) is 0 Å². The molecular weight excluding hydrogens is 283 g/mol. The molecule has 5 heteroatoms. The monoisotopic (exact) mass is 298 g/mol. The first kappa shape index (κ1) is 14.3. The summed E-state index contributed by atoms with van der Waals surface area (Å²) in [5, 5.41) is 2.73. The Labute approximate surface area is 127 Å². The Kier molecular flexibility index (Phi) is 3.63. The highest BCUT2D eigenvalue weighted by molar-refractivity contribution is 6.05. The van der Waals surface area contributed by atoms with Crippen molar-refractivity contribution in [1.82, 2.24) is 0 Å². The second-order valence-electron chi connectivity index (χ2n) is 5.12. The van der Waals surface area contributed by atoms with Crippen molar-refractivity contribution in [3.8, 4) is 0 Å². The lowest BCUT2D eigenvalue weighted by Gasteiger charge is -2.15. The van der Waals surface area contributed by atoms with Gasteiger partial charge in [0.1, 0.15) is 5.82 Å². The van der Waals surface area contributed by atoms with Crippen LogP contribution in [0.4, 0.5) is 15.8 Å². The third-order valence-corrected chi connectivity index (χ3v) is 3.67. The van der Waals surface area contributed by atoms with Crippen LogP contribution in [0, 0.1) is 5.82 Å². The van der Waals surface area contributed by atoms with Crippen molar-refractivity contribution in [2.45, 2.75) is 13.3 Å². The molecule has 4 nitrogen and oxygen atoms in total. The summed E-state index contributed by atoms with van der Waals surface area (Å²) in [4.78, 5) is 25.7. The predicted octanol–water partition coefficient (Wildman–Crippen LogP) is 2.99. The maximum Gasteiger partial charge on any atom is 0.255 e. The molecular formula is C17H15FN2O2. The van der Waals surface area contributed by atoms with Gasteiger partial charge in [0.2, 0.25) is 5.91 Å². The Balaban J connectivity index is 1.82. The largest absolute Gasteiger partial charge is 0.322 e. The van der Waals surface area contributed by atoms with Crippen LogP contribution < -0.4 is 10.2 Å². The van der Waals surface area contributed by atoms with Crippen molar-refractivity contribution in [3.63, 3.8) is 0 Å². The van der Waals surface area contributed by atoms with E-state index in [2.05, 4.69) is 5.32 Å². The summed E-state index contributed by atoms with van der Waals surface area (Å²) in [5.74, 6) is -0.770. The van der Waals surface area contributed by atoms with Crippen molar-refractivity contribution in [2.75, 3.05) is 16.8 Å². The number of likely N-dealkylation sites (N-methyl/N-ethyl adjacent to an activating group) is 1. The number of carbonyl (C=O) groups excluding carboxylic acids is 2. The zero-order valence-corrected chi connectivity index (χ0v) is 12.1. The SMILES string of the molecule is CCN1C(=O)Cc2cc(NC(=O)c3cccc(F)c3)ccc21. The van der Waals surface area contributed by atoms with E-state index in [4.69, 9.17) is 0 Å². The van der Waals surface area contributed by atoms with E-state index in [0.29, 0.717) is 18.7 Å². The number of nitrogens with zero attached hydrogens (tertiary/aromatic N) is 1. The van der Waals surface area contributed by atoms with E-state index >= 15 is 0 Å². The second-order valence-corrected chi connectivity index (χ2v) is 5.12. The van der Waals surface area contributed by atoms with E-state index in [-0.39, 0.29) is 17.4 Å². The number of carbonyl (C=O) groups is 2. The average Bonchev–Trinajstić information content (AvgIpc) is 2.81. The minimum absolute atomic E-state index is 0.0612. The van der Waals surface area contributed by atoms with Crippen LogP contribution >= 0.6 is 0 Å². The first-order valence-corrected chi connectivity index (χ1v) is 7.08. The number of fused-ring (bicyclic) bond motifs is 1. The van der Waals surface area contributed by atoms with Gasteiger partial charge in [-0.3, -0.25) is 9.59 Å². The number of hydrogen-bond donors (Lipinski definition) is 1. The fraction of sp³-hybridized carbons (Fsp3) is 0.176. The van der Waals surface area contributed by atoms with Crippen molar-refractivity contribution in [3.05, 3.63) is 59.4 Å². The molecule has 3 rings (SSSR count). The van der Waals surface area contributed by atoms with E-state index in [9.17, 15) is 14.0 Å². The third-order valence-electron chi connectivity index (χ3n) is 3.67. The van der Waals surface area contributed by atoms with Crippen LogP contribution in [0.25, 0.3) is 0 Å². The van der Waals surface area contributed by atoms with Gasteiger partial charge >= 0.3 is 0 Å². The molecule has 0 unspecified atom stereocenters. The highest BCUT2D eigenvalue weighted by Gasteiger charge is 2.26. The summed E-state index contributed by atoms with van der Waals surface area (Å²) in [6, 6.07) is 10.9. The Morgan fingerprint density at radius 2 is 2.09 bits per heavy atom. The molecule has 1 aliphatic heterocycles. The number of nitrogens with one attached hydrogen (secondary N) is 1. The lowest BCUT2D eigenvalue weighted by molar-refractivity contribution is -0.117. The number of benzene rings is 2. The van der Waals surface area contributed by atoms with Crippen LogP contribution in [-0.2, 0) is 11.2 Å². The van der Waals surface area contributed by atoms with Crippen LogP contribution in [0.1, 0.15) is 22.8 Å². The fourth-order valence-electron chi connectivity index (χ4n) is 2.64. The normalized spacial score (nSPS) is 13.2. The summed E-state index contributed by atoms with van der Waals surface area (Å²) in [6.45, 7) is 2.55. The predicted molar refractivity (Wildman–Crippen MR) is 82.5 cm³/mol. The number of halogens is 1. The van der Waals surface area contributed by atoms with Crippen LogP contribution in [-0.4, -0.2) is 18.4 Å². The molecule has 1 N–H and O–H groups in total. The number of rotatable bonds is 3. The first-order chi connectivity index (χ1) is 10.6. The Bertz CT molecular complexity index is 758. The molecule has 0 saturated carbocycles. The summed E-state index contributed by atoms with van der Waals surface area (Å²) >= 11 is 0. The molecule has 112 valence electrons. The molecule has 0 aliphatic carbocycles. The summed E-state index contributed by atoms with van der Waals surface area (Å²) in [6.07, 6.45) is 0.340. The van der Waals surface area contributed by atoms with E-state index in [1.54, 1.807) is 23.1 Å². The van der Waals surface area contributed by atoms with Crippen molar-refractivity contribution >= 4 is 23.2 Å². The molecule has 2 amide bonds. The van der Waals surface area contributed by atoms with Gasteiger partial charge < -0.3 is 10.2 Å². The molecule has 0 saturated heterocycles. The van der Waals surface area contributed by atoms with Gasteiger partial charge in [-0.25, -0.2) is 4.39 Å². The van der Waals surface area contributed by atoms with Gasteiger partial charge in [-0.1, -0.05) is 6.07 Å². The minimum Gasteiger partial charge on any atom is -0.322 e. The van der Waals surface area contributed by atoms with Crippen LogP contribution in [0.15, 0.2) is 42.5 Å². The molecule has 0 fully saturated rings. The maximum atomic E-state index is 13.1. The van der Waals surface area contributed by atoms with Gasteiger partial charge in [0.05, 0.1) is 6.42 Å². The van der Waals surface area contributed by atoms with Gasteiger partial charge in [0, 0.05) is 23.5 Å². The molecule has 1 heterocycles.